The fourth-order valence-electron chi connectivity index (χ4n) is 7.15. The summed E-state index contributed by atoms with van der Waals surface area (Å²) in [6.45, 7) is 12.9. The van der Waals surface area contributed by atoms with E-state index in [1.54, 1.807) is 0 Å². The van der Waals surface area contributed by atoms with E-state index in [4.69, 9.17) is 24.6 Å². The van der Waals surface area contributed by atoms with E-state index < -0.39 is 0 Å². The van der Waals surface area contributed by atoms with Crippen LogP contribution in [0.15, 0.2) is 121 Å². The minimum Gasteiger partial charge on any atom is 2.00 e. The van der Waals surface area contributed by atoms with Crippen molar-refractivity contribution < 1.29 is 24.4 Å². The molecular formula is C49H36N4OOs. The zero-order valence-corrected chi connectivity index (χ0v) is 33.4. The summed E-state index contributed by atoms with van der Waals surface area (Å²) < 4.78 is 7.50. The Morgan fingerprint density at radius 3 is 0.745 bits per heavy atom. The average molecular weight is 887 g/mol. The molecule has 3 aromatic heterocycles. The van der Waals surface area contributed by atoms with Gasteiger partial charge in [0.05, 0.1) is 22.8 Å². The van der Waals surface area contributed by atoms with Gasteiger partial charge < -0.3 is 9.97 Å². The number of nitrogens with zero attached hydrogens (tertiary/aromatic N) is 4. The summed E-state index contributed by atoms with van der Waals surface area (Å²) in [5, 5.41) is 0. The number of hydrogen-bond donors (Lipinski definition) is 0. The van der Waals surface area contributed by atoms with Crippen LogP contribution < -0.4 is 9.97 Å². The molecule has 266 valence electrons. The van der Waals surface area contributed by atoms with Crippen LogP contribution in [-0.4, -0.2) is 9.97 Å². The Kier molecular flexibility index (Phi) is 10.6. The molecule has 9 rings (SSSR count). The molecule has 7 aromatic rings. The normalized spacial score (nSPS) is 11.5. The Morgan fingerprint density at radius 2 is 0.545 bits per heavy atom. The minimum absolute atomic E-state index is 0. The summed E-state index contributed by atoms with van der Waals surface area (Å²) in [6, 6.07) is 43.0. The maximum Gasteiger partial charge on any atom is 2.00 e. The van der Waals surface area contributed by atoms with Crippen molar-refractivity contribution in [2.24, 2.45) is 0 Å². The molecular weight excluding hydrogens is 851 g/mol. The van der Waals surface area contributed by atoms with E-state index in [0.717, 1.165) is 89.4 Å². The zero-order chi connectivity index (χ0) is 37.3. The van der Waals surface area contributed by atoms with Gasteiger partial charge in [-0.1, -0.05) is 144 Å². The fraction of sp³-hybridized carbons (Fsp3) is 0.0816. The van der Waals surface area contributed by atoms with Gasteiger partial charge in [0.15, 0.2) is 0 Å². The first-order valence-electron chi connectivity index (χ1n) is 17.9. The molecule has 0 radical (unpaired) electrons. The monoisotopic (exact) mass is 888 g/mol. The second-order valence-electron chi connectivity index (χ2n) is 13.8. The summed E-state index contributed by atoms with van der Waals surface area (Å²) in [7, 11) is 0. The zero-order valence-electron chi connectivity index (χ0n) is 30.9. The standard InChI is InChI=1S/C48H36N4.CO.Os/c1-29-5-13-33(14-6-29)45-37-21-23-39(49-37)46(34-15-7-30(2)8-16-34)41-25-27-43(51-41)48(36-19-11-32(4)12-20-36)44-28-26-42(52-44)47(40-24-22-38(45)50-40)35-17-9-31(3)10-18-35;1-2;/h5-28H,1-4H3;;/q-2;;+2. The number of hydrogen-bond acceptors (Lipinski definition) is 2. The van der Waals surface area contributed by atoms with Gasteiger partial charge in [0.1, 0.15) is 0 Å². The van der Waals surface area contributed by atoms with Crippen molar-refractivity contribution in [3.8, 4) is 44.5 Å². The molecule has 0 atom stereocenters. The van der Waals surface area contributed by atoms with Gasteiger partial charge in [0.25, 0.3) is 0 Å². The van der Waals surface area contributed by atoms with Gasteiger partial charge in [-0.25, -0.2) is 9.97 Å². The van der Waals surface area contributed by atoms with Crippen LogP contribution in [0.25, 0.3) is 90.9 Å². The van der Waals surface area contributed by atoms with E-state index in [-0.39, 0.29) is 19.8 Å². The second-order valence-corrected chi connectivity index (χ2v) is 13.8. The SMILES string of the molecule is Cc1ccc(-c2c3nc(c(-c4ccc(C)cc4)c4ccc([n-]4)c(-c4ccc(C)cc4)c4nc(c(-c5ccc(C)cc5)c5ccc2[n-]5)C=C4)C=C3)cc1.[C-]#[O+].[Os+2]. The predicted octanol–water partition coefficient (Wildman–Crippen LogP) is 11.8. The third kappa shape index (κ3) is 7.24. The van der Waals surface area contributed by atoms with Crippen LogP contribution >= 0.6 is 0 Å². The summed E-state index contributed by atoms with van der Waals surface area (Å²) in [6.07, 6.45) is 8.48. The van der Waals surface area contributed by atoms with Gasteiger partial charge in [-0.3, -0.25) is 0 Å². The third-order valence-corrected chi connectivity index (χ3v) is 9.97. The fourth-order valence-corrected chi connectivity index (χ4v) is 7.15. The Hall–Kier alpha value is -6.14. The van der Waals surface area contributed by atoms with Crippen LogP contribution in [0.3, 0.4) is 0 Å². The van der Waals surface area contributed by atoms with Gasteiger partial charge in [-0.2, -0.15) is 0 Å². The van der Waals surface area contributed by atoms with E-state index in [1.165, 1.54) is 22.3 Å². The Balaban J connectivity index is 0.00000153. The molecule has 5 heterocycles. The van der Waals surface area contributed by atoms with Crippen molar-refractivity contribution in [1.82, 2.24) is 19.9 Å². The number of benzene rings is 4. The third-order valence-electron chi connectivity index (χ3n) is 9.97. The van der Waals surface area contributed by atoms with Gasteiger partial charge in [0, 0.05) is 0 Å². The maximum atomic E-state index is 7.50. The molecule has 55 heavy (non-hydrogen) atoms. The van der Waals surface area contributed by atoms with Crippen molar-refractivity contribution in [3.05, 3.63) is 173 Å². The molecule has 0 saturated carbocycles. The molecule has 0 spiro atoms. The number of rotatable bonds is 4. The summed E-state index contributed by atoms with van der Waals surface area (Å²) >= 11 is 0. The largest absolute Gasteiger partial charge is 2.00 e. The summed E-state index contributed by atoms with van der Waals surface area (Å²) in [4.78, 5) is 21.5. The van der Waals surface area contributed by atoms with Crippen LogP contribution in [0, 0.1) is 34.3 Å². The van der Waals surface area contributed by atoms with E-state index in [2.05, 4.69) is 180 Å². The molecule has 4 aromatic carbocycles. The molecule has 8 bridgehead atoms. The molecule has 0 fully saturated rings. The van der Waals surface area contributed by atoms with Crippen molar-refractivity contribution >= 4 is 46.4 Å². The van der Waals surface area contributed by atoms with Crippen molar-refractivity contribution in [2.75, 3.05) is 0 Å². The minimum atomic E-state index is 0. The quantitative estimate of drug-likeness (QED) is 0.130. The topological polar surface area (TPSA) is 73.9 Å². The Bertz CT molecular complexity index is 2410. The molecule has 0 N–H and O–H groups in total. The van der Waals surface area contributed by atoms with Crippen molar-refractivity contribution in [1.29, 1.82) is 0 Å². The van der Waals surface area contributed by atoms with Crippen LogP contribution in [0.4, 0.5) is 0 Å². The molecule has 0 unspecified atom stereocenters. The van der Waals surface area contributed by atoms with Gasteiger partial charge in [-0.15, -0.1) is 22.1 Å². The van der Waals surface area contributed by atoms with Gasteiger partial charge >= 0.3 is 31.1 Å². The van der Waals surface area contributed by atoms with Gasteiger partial charge in [-0.05, 0) is 96.5 Å². The van der Waals surface area contributed by atoms with E-state index in [1.807, 2.05) is 0 Å². The number of aromatic nitrogens is 4. The van der Waals surface area contributed by atoms with Crippen LogP contribution in [0.5, 0.6) is 0 Å². The average Bonchev–Trinajstić information content (AvgIpc) is 4.03. The summed E-state index contributed by atoms with van der Waals surface area (Å²) in [5.74, 6) is 0. The first-order chi connectivity index (χ1) is 26.4. The molecule has 0 saturated heterocycles. The van der Waals surface area contributed by atoms with Crippen LogP contribution in [0.2, 0.25) is 0 Å². The van der Waals surface area contributed by atoms with E-state index in [9.17, 15) is 0 Å². The van der Waals surface area contributed by atoms with Crippen LogP contribution in [0.1, 0.15) is 45.0 Å². The molecule has 6 heteroatoms. The van der Waals surface area contributed by atoms with Crippen LogP contribution in [-0.2, 0) is 24.4 Å². The summed E-state index contributed by atoms with van der Waals surface area (Å²) in [5.41, 5.74) is 19.9. The van der Waals surface area contributed by atoms with Crippen molar-refractivity contribution in [2.45, 2.75) is 27.7 Å². The first-order valence-corrected chi connectivity index (χ1v) is 17.9. The first kappa shape index (κ1) is 37.2. The Morgan fingerprint density at radius 1 is 0.345 bits per heavy atom. The predicted molar refractivity (Wildman–Crippen MR) is 221 cm³/mol. The molecule has 0 amide bonds. The van der Waals surface area contributed by atoms with E-state index >= 15 is 0 Å². The molecule has 2 aliphatic rings. The molecule has 5 nitrogen and oxygen atoms in total. The Labute approximate surface area is 334 Å². The second kappa shape index (κ2) is 15.7. The maximum absolute atomic E-state index is 7.50. The number of aryl methyl sites for hydroxylation is 4. The molecule has 0 aliphatic carbocycles. The van der Waals surface area contributed by atoms with E-state index in [0.29, 0.717) is 0 Å². The number of fused-ring (bicyclic) bond motifs is 8. The van der Waals surface area contributed by atoms with Crippen molar-refractivity contribution in [3.63, 3.8) is 0 Å². The molecule has 2 aliphatic heterocycles. The smallest absolute Gasteiger partial charge is 2.00 e. The van der Waals surface area contributed by atoms with Gasteiger partial charge in [0.2, 0.25) is 0 Å².